The Hall–Kier alpha value is -4.18. The highest BCUT2D eigenvalue weighted by Gasteiger charge is 2.12. The molecule has 0 aromatic heterocycles. The van der Waals surface area contributed by atoms with Gasteiger partial charge in [0.2, 0.25) is 0 Å². The third kappa shape index (κ3) is 6.16. The second kappa shape index (κ2) is 10.7. The lowest BCUT2D eigenvalue weighted by molar-refractivity contribution is -0.384. The molecule has 0 aliphatic carbocycles. The number of methoxy groups -OCH3 is 1. The van der Waals surface area contributed by atoms with Crippen LogP contribution in [0.2, 0.25) is 0 Å². The van der Waals surface area contributed by atoms with Gasteiger partial charge in [0.05, 0.1) is 23.8 Å². The van der Waals surface area contributed by atoms with Crippen LogP contribution < -0.4 is 25.6 Å². The van der Waals surface area contributed by atoms with E-state index in [1.807, 2.05) is 42.5 Å². The van der Waals surface area contributed by atoms with Crippen LogP contribution in [0.5, 0.6) is 11.5 Å². The van der Waals surface area contributed by atoms with Crippen LogP contribution in [0.4, 0.5) is 11.4 Å². The van der Waals surface area contributed by atoms with Gasteiger partial charge in [-0.15, -0.1) is 0 Å². The van der Waals surface area contributed by atoms with E-state index >= 15 is 0 Å². The number of benzene rings is 3. The number of carbonyl (C=O) groups excluding carboxylic acids is 1. The number of nitro benzene ring substituents is 1. The van der Waals surface area contributed by atoms with E-state index in [9.17, 15) is 14.9 Å². The first-order valence-corrected chi connectivity index (χ1v) is 9.83. The van der Waals surface area contributed by atoms with Crippen LogP contribution in [-0.4, -0.2) is 29.7 Å². The summed E-state index contributed by atoms with van der Waals surface area (Å²) >= 11 is 5.12. The molecule has 0 radical (unpaired) electrons. The van der Waals surface area contributed by atoms with Crippen LogP contribution in [0, 0.1) is 10.1 Å². The average molecular weight is 452 g/mol. The van der Waals surface area contributed by atoms with Crippen LogP contribution in [0.15, 0.2) is 72.8 Å². The molecule has 0 aliphatic rings. The first-order chi connectivity index (χ1) is 15.5. The molecule has 32 heavy (non-hydrogen) atoms. The number of rotatable bonds is 7. The summed E-state index contributed by atoms with van der Waals surface area (Å²) in [7, 11) is 1.38. The summed E-state index contributed by atoms with van der Waals surface area (Å²) in [6.07, 6.45) is 0. The number of ether oxygens (including phenoxy) is 2. The Morgan fingerprint density at radius 1 is 1.00 bits per heavy atom. The first-order valence-electron chi connectivity index (χ1n) is 9.43. The number of thiocarbonyl (C=S) groups is 1. The molecule has 164 valence electrons. The summed E-state index contributed by atoms with van der Waals surface area (Å²) in [5.74, 6) is 0.338. The fraction of sp³-hybridized carbons (Fsp3) is 0.0909. The number of nitrogens with zero attached hydrogens (tertiary/aromatic N) is 1. The SMILES string of the molecule is COc1cc([N+](=O)[O-])ccc1NC(=S)NNC(=O)COc1ccc(-c2ccccc2)cc1. The van der Waals surface area contributed by atoms with E-state index in [4.69, 9.17) is 21.7 Å². The molecule has 0 unspecified atom stereocenters. The van der Waals surface area contributed by atoms with Crippen LogP contribution in [-0.2, 0) is 4.79 Å². The highest BCUT2D eigenvalue weighted by molar-refractivity contribution is 7.80. The zero-order valence-electron chi connectivity index (χ0n) is 17.0. The third-order valence-electron chi connectivity index (χ3n) is 4.29. The minimum absolute atomic E-state index is 0.0673. The Morgan fingerprint density at radius 2 is 1.69 bits per heavy atom. The maximum Gasteiger partial charge on any atom is 0.276 e. The highest BCUT2D eigenvalue weighted by Crippen LogP contribution is 2.28. The standard InChI is InChI=1S/C22H20N4O5S/c1-30-20-13-17(26(28)29)9-12-19(20)23-22(32)25-24-21(27)14-31-18-10-7-16(8-11-18)15-5-3-2-4-6-15/h2-13H,14H2,1H3,(H,24,27)(H2,23,25,32). The van der Waals surface area contributed by atoms with Crippen LogP contribution in [0.3, 0.4) is 0 Å². The molecule has 0 spiro atoms. The normalized spacial score (nSPS) is 10.0. The predicted molar refractivity (Wildman–Crippen MR) is 125 cm³/mol. The van der Waals surface area contributed by atoms with Crippen LogP contribution in [0.25, 0.3) is 11.1 Å². The van der Waals surface area contributed by atoms with E-state index in [2.05, 4.69) is 16.2 Å². The number of carbonyl (C=O) groups is 1. The zero-order chi connectivity index (χ0) is 22.9. The topological polar surface area (TPSA) is 115 Å². The van der Waals surface area contributed by atoms with Gasteiger partial charge in [-0.1, -0.05) is 42.5 Å². The van der Waals surface area contributed by atoms with Crippen LogP contribution >= 0.6 is 12.2 Å². The number of nitrogens with one attached hydrogen (secondary N) is 3. The third-order valence-corrected chi connectivity index (χ3v) is 4.50. The molecule has 3 aromatic carbocycles. The maximum absolute atomic E-state index is 12.0. The van der Waals surface area contributed by atoms with Gasteiger partial charge in [-0.05, 0) is 41.5 Å². The molecule has 10 heteroatoms. The molecule has 1 amide bonds. The van der Waals surface area contributed by atoms with Gasteiger partial charge in [0.1, 0.15) is 11.5 Å². The summed E-state index contributed by atoms with van der Waals surface area (Å²) in [5.41, 5.74) is 7.37. The molecular weight excluding hydrogens is 432 g/mol. The minimum atomic E-state index is -0.529. The second-order valence-corrected chi connectivity index (χ2v) is 6.86. The van der Waals surface area contributed by atoms with E-state index < -0.39 is 10.8 Å². The van der Waals surface area contributed by atoms with Gasteiger partial charge in [0.15, 0.2) is 11.7 Å². The van der Waals surface area contributed by atoms with Crippen molar-refractivity contribution in [2.24, 2.45) is 0 Å². The van der Waals surface area contributed by atoms with Crippen LogP contribution in [0.1, 0.15) is 0 Å². The van der Waals surface area contributed by atoms with Crippen molar-refractivity contribution in [3.63, 3.8) is 0 Å². The summed E-state index contributed by atoms with van der Waals surface area (Å²) < 4.78 is 10.6. The summed E-state index contributed by atoms with van der Waals surface area (Å²) in [5, 5.41) is 13.7. The summed E-state index contributed by atoms with van der Waals surface area (Å²) in [6, 6.07) is 21.3. The first kappa shape index (κ1) is 22.5. The van der Waals surface area contributed by atoms with Gasteiger partial charge in [-0.3, -0.25) is 25.8 Å². The van der Waals surface area contributed by atoms with Gasteiger partial charge < -0.3 is 14.8 Å². The number of non-ortho nitro benzene ring substituents is 1. The van der Waals surface area contributed by atoms with Gasteiger partial charge in [-0.25, -0.2) is 0 Å². The molecule has 0 saturated carbocycles. The van der Waals surface area contributed by atoms with Gasteiger partial charge in [0.25, 0.3) is 11.6 Å². The fourth-order valence-electron chi connectivity index (χ4n) is 2.74. The number of anilines is 1. The molecule has 0 fully saturated rings. The van der Waals surface area contributed by atoms with Gasteiger partial charge >= 0.3 is 0 Å². The van der Waals surface area contributed by atoms with E-state index in [1.165, 1.54) is 25.3 Å². The highest BCUT2D eigenvalue weighted by atomic mass is 32.1. The van der Waals surface area contributed by atoms with E-state index in [0.717, 1.165) is 11.1 Å². The van der Waals surface area contributed by atoms with Crippen molar-refractivity contribution >= 4 is 34.6 Å². The monoisotopic (exact) mass is 452 g/mol. The Kier molecular flexibility index (Phi) is 7.55. The number of hydrogen-bond acceptors (Lipinski definition) is 6. The van der Waals surface area contributed by atoms with E-state index in [0.29, 0.717) is 11.4 Å². The molecule has 0 aliphatic heterocycles. The molecule has 0 bridgehead atoms. The molecule has 0 heterocycles. The predicted octanol–water partition coefficient (Wildman–Crippen LogP) is 3.67. The Labute approximate surface area is 189 Å². The summed E-state index contributed by atoms with van der Waals surface area (Å²) in [6.45, 7) is -0.221. The number of hydrogen-bond donors (Lipinski definition) is 3. The molecule has 3 N–H and O–H groups in total. The van der Waals surface area contributed by atoms with Crippen molar-refractivity contribution in [1.29, 1.82) is 0 Å². The molecular formula is C22H20N4O5S. The Morgan fingerprint density at radius 3 is 2.34 bits per heavy atom. The molecule has 3 rings (SSSR count). The lowest BCUT2D eigenvalue weighted by Crippen LogP contribution is -2.45. The number of nitro groups is 1. The number of amides is 1. The lowest BCUT2D eigenvalue weighted by Gasteiger charge is -2.14. The van der Waals surface area contributed by atoms with Crippen molar-refractivity contribution in [1.82, 2.24) is 10.9 Å². The van der Waals surface area contributed by atoms with Gasteiger partial charge in [-0.2, -0.15) is 0 Å². The Balaban J connectivity index is 1.46. The van der Waals surface area contributed by atoms with Crippen molar-refractivity contribution in [2.75, 3.05) is 19.0 Å². The minimum Gasteiger partial charge on any atom is -0.494 e. The lowest BCUT2D eigenvalue weighted by atomic mass is 10.1. The maximum atomic E-state index is 12.0. The van der Waals surface area contributed by atoms with E-state index in [1.54, 1.807) is 12.1 Å². The number of hydrazine groups is 1. The average Bonchev–Trinajstić information content (AvgIpc) is 2.82. The van der Waals surface area contributed by atoms with Crippen molar-refractivity contribution in [3.8, 4) is 22.6 Å². The van der Waals surface area contributed by atoms with Crippen molar-refractivity contribution in [2.45, 2.75) is 0 Å². The Bertz CT molecular complexity index is 1110. The molecule has 0 atom stereocenters. The van der Waals surface area contributed by atoms with Crippen molar-refractivity contribution < 1.29 is 19.2 Å². The molecule has 0 saturated heterocycles. The second-order valence-electron chi connectivity index (χ2n) is 6.45. The van der Waals surface area contributed by atoms with Gasteiger partial charge in [0, 0.05) is 6.07 Å². The van der Waals surface area contributed by atoms with Crippen molar-refractivity contribution in [3.05, 3.63) is 82.9 Å². The largest absolute Gasteiger partial charge is 0.494 e. The van der Waals surface area contributed by atoms with E-state index in [-0.39, 0.29) is 23.2 Å². The smallest absolute Gasteiger partial charge is 0.276 e. The summed E-state index contributed by atoms with van der Waals surface area (Å²) in [4.78, 5) is 22.3. The quantitative estimate of drug-likeness (QED) is 0.283. The molecule has 3 aromatic rings. The fourth-order valence-corrected chi connectivity index (χ4v) is 2.90. The zero-order valence-corrected chi connectivity index (χ0v) is 17.8. The molecule has 9 nitrogen and oxygen atoms in total.